The van der Waals surface area contributed by atoms with E-state index in [0.29, 0.717) is 51.3 Å². The van der Waals surface area contributed by atoms with Crippen LogP contribution in [0, 0.1) is 0 Å². The molecular formula is C110H114N26O6. The molecule has 17 aromatic rings. The molecule has 0 aliphatic carbocycles. The number of benzene rings is 5. The molecule has 0 atom stereocenters. The fourth-order valence-corrected chi connectivity index (χ4v) is 18.8. The van der Waals surface area contributed by atoms with Gasteiger partial charge in [-0.05, 0) is 296 Å². The van der Waals surface area contributed by atoms with Gasteiger partial charge in [0.05, 0.1) is 105 Å². The van der Waals surface area contributed by atoms with Gasteiger partial charge in [0.2, 0.25) is 0 Å². The molecule has 9 N–H and O–H groups in total. The summed E-state index contributed by atoms with van der Waals surface area (Å²) in [5.74, 6) is 0.284. The molecule has 6 aliphatic rings. The van der Waals surface area contributed by atoms with E-state index >= 15 is 0 Å². The molecule has 12 aromatic heterocycles. The number of ether oxygens (including phenoxy) is 1. The Kier molecular flexibility index (Phi) is 30.0. The van der Waals surface area contributed by atoms with Crippen molar-refractivity contribution in [2.45, 2.75) is 129 Å². The number of fused-ring (bicyclic) bond motifs is 4. The summed E-state index contributed by atoms with van der Waals surface area (Å²) in [6, 6.07) is 58.9. The van der Waals surface area contributed by atoms with Crippen LogP contribution in [0.3, 0.4) is 0 Å². The van der Waals surface area contributed by atoms with Crippen molar-refractivity contribution >= 4 is 90.0 Å². The third kappa shape index (κ3) is 24.2. The minimum Gasteiger partial charge on any atom is -0.456 e. The van der Waals surface area contributed by atoms with Gasteiger partial charge >= 0.3 is 0 Å². The van der Waals surface area contributed by atoms with Crippen molar-refractivity contribution in [3.63, 3.8) is 0 Å². The number of aromatic nitrogens is 16. The number of anilines is 4. The standard InChI is InChI=1S/C30H35N7O2.C30H28N6O2.C28H31N7O.C22H20N6O/c38-26-8-12-37(13-9-26)19-21-14-23(17-31-16-21)22-4-7-28-27(15-22)29(35-34-28)30(39)33-24-5-6-25(32-18-24)20-36-10-2-1-3-11-36;37-30(33-23-10-11-24(32-18-23)20-36-13-5-2-6-14-36)29-27-16-21(9-12-28(27)34-35-29)22-15-26(19-31-17-22)38-25-7-3-1-4-8-25;36-28(31-23-6-7-24(30-17-23)19-35-9-2-1-3-10-35)27-25-14-21(5-8-26(25)32-33-27)22-13-20(15-29-16-22)18-34-11-4-12-34;29-22(25-17-5-6-18(24-13-17)14-28-9-2-10-28)21-19-11-15(4-7-20(19)26-27-21)16-3-1-8-23-12-16/h4-7,14-18,26,38H,1-3,8-13,19-20H2,(H,33,39)(H,34,35);1,3-4,7-12,15-19H,2,5-6,13-14,20H2,(H,33,37)(H,34,35);5-8,13-17H,1-4,9-12,18-19H2,(H,31,36)(H,32,33);1,3-8,11-13H,2,9-10,14H2,(H,25,29)(H,26,27). The van der Waals surface area contributed by atoms with Gasteiger partial charge in [-0.3, -0.25) is 109 Å². The molecule has 0 spiro atoms. The number of piperidine rings is 4. The molecule has 0 radical (unpaired) electrons. The molecule has 6 fully saturated rings. The summed E-state index contributed by atoms with van der Waals surface area (Å²) in [5, 5.41) is 53.6. The zero-order valence-electron chi connectivity index (χ0n) is 79.3. The summed E-state index contributed by atoms with van der Waals surface area (Å²) < 4.78 is 5.94. The van der Waals surface area contributed by atoms with Crippen molar-refractivity contribution in [3.05, 3.63) is 313 Å². The first kappa shape index (κ1) is 94.2. The SMILES string of the molecule is O=C(Nc1ccc(CN2CCC2)nc1)c1n[nH]c2ccc(-c3cccnc3)cc12.O=C(Nc1ccc(CN2CCCCC2)nc1)c1n[nH]c2ccc(-c3cncc(CN4CCC(O)CC4)c3)cc12.O=C(Nc1ccc(CN2CCCCC2)nc1)c1n[nH]c2ccc(-c3cncc(CN4CCC4)c3)cc12.O=C(Nc1ccc(CN2CCCCC2)nc1)c1n[nH]c2ccc(-c3cncc(Oc4ccccc4)c3)cc12. The summed E-state index contributed by atoms with van der Waals surface area (Å²) in [5.41, 5.74) is 21.4. The van der Waals surface area contributed by atoms with Crippen molar-refractivity contribution in [2.24, 2.45) is 0 Å². The summed E-state index contributed by atoms with van der Waals surface area (Å²) in [7, 11) is 0. The summed E-state index contributed by atoms with van der Waals surface area (Å²) >= 11 is 0. The number of H-pyrrole nitrogens is 4. The zero-order valence-corrected chi connectivity index (χ0v) is 79.3. The Morgan fingerprint density at radius 2 is 0.613 bits per heavy atom. The van der Waals surface area contributed by atoms with Gasteiger partial charge in [-0.1, -0.05) is 67.8 Å². The van der Waals surface area contributed by atoms with E-state index < -0.39 is 0 Å². The number of nitrogens with zero attached hydrogens (tertiary/aromatic N) is 18. The van der Waals surface area contributed by atoms with Gasteiger partial charge in [0.1, 0.15) is 11.5 Å². The van der Waals surface area contributed by atoms with E-state index in [1.807, 2.05) is 195 Å². The highest BCUT2D eigenvalue weighted by Gasteiger charge is 2.26. The van der Waals surface area contributed by atoms with Crippen LogP contribution in [0.1, 0.15) is 159 Å². The molecule has 32 heteroatoms. The van der Waals surface area contributed by atoms with Crippen LogP contribution in [0.4, 0.5) is 22.7 Å². The highest BCUT2D eigenvalue weighted by molar-refractivity contribution is 6.14. The van der Waals surface area contributed by atoms with Crippen molar-refractivity contribution in [2.75, 3.05) is 99.8 Å². The molecular weight excluding hydrogens is 1780 g/mol. The van der Waals surface area contributed by atoms with Gasteiger partial charge in [0, 0.05) is 140 Å². The molecule has 5 aromatic carbocycles. The van der Waals surface area contributed by atoms with E-state index in [1.165, 1.54) is 76.2 Å². The molecule has 142 heavy (non-hydrogen) atoms. The predicted molar refractivity (Wildman–Crippen MR) is 550 cm³/mol. The fourth-order valence-electron chi connectivity index (χ4n) is 18.8. The number of carbonyl (C=O) groups is 4. The number of aliphatic hydroxyl groups excluding tert-OH is 1. The third-order valence-electron chi connectivity index (χ3n) is 26.9. The van der Waals surface area contributed by atoms with Crippen LogP contribution < -0.4 is 26.0 Å². The Morgan fingerprint density at radius 3 is 0.944 bits per heavy atom. The molecule has 32 nitrogen and oxygen atoms in total. The van der Waals surface area contributed by atoms with Gasteiger partial charge < -0.3 is 31.1 Å². The lowest BCUT2D eigenvalue weighted by molar-refractivity contribution is 0.0792. The summed E-state index contributed by atoms with van der Waals surface area (Å²) in [4.78, 5) is 102. The van der Waals surface area contributed by atoms with Crippen LogP contribution in [0.2, 0.25) is 0 Å². The monoisotopic (exact) mass is 1890 g/mol. The molecule has 720 valence electrons. The number of likely N-dealkylation sites (tertiary alicyclic amines) is 6. The maximum atomic E-state index is 13.2. The average molecular weight is 1900 g/mol. The predicted octanol–water partition coefficient (Wildman–Crippen LogP) is 18.2. The number of hydrogen-bond donors (Lipinski definition) is 9. The number of pyridine rings is 8. The summed E-state index contributed by atoms with van der Waals surface area (Å²) in [6.07, 6.45) is 36.8. The minimum atomic E-state index is -0.293. The Hall–Kier alpha value is -15.4. The lowest BCUT2D eigenvalue weighted by Crippen LogP contribution is -2.36. The largest absolute Gasteiger partial charge is 0.456 e. The van der Waals surface area contributed by atoms with Crippen LogP contribution in [0.25, 0.3) is 88.1 Å². The summed E-state index contributed by atoms with van der Waals surface area (Å²) in [6.45, 7) is 18.2. The number of carbonyl (C=O) groups excluding carboxylic acids is 4. The van der Waals surface area contributed by atoms with Crippen molar-refractivity contribution in [3.8, 4) is 56.0 Å². The Bertz CT molecular complexity index is 7170. The Balaban J connectivity index is 0.000000116. The smallest absolute Gasteiger partial charge is 0.276 e. The Labute approximate surface area is 822 Å². The third-order valence-corrected chi connectivity index (χ3v) is 26.9. The number of aliphatic hydroxyl groups is 1. The molecule has 0 bridgehead atoms. The number of nitrogens with one attached hydrogen (secondary N) is 8. The Morgan fingerprint density at radius 1 is 0.289 bits per heavy atom. The first-order valence-corrected chi connectivity index (χ1v) is 49.3. The molecule has 23 rings (SSSR count). The minimum absolute atomic E-state index is 0.182. The number of amides is 4. The zero-order chi connectivity index (χ0) is 96.3. The molecule has 0 unspecified atom stereocenters. The van der Waals surface area contributed by atoms with Crippen LogP contribution in [0.15, 0.2) is 256 Å². The maximum absolute atomic E-state index is 13.2. The van der Waals surface area contributed by atoms with Gasteiger partial charge in [-0.15, -0.1) is 0 Å². The molecule has 6 saturated heterocycles. The molecule has 6 aliphatic heterocycles. The highest BCUT2D eigenvalue weighted by Crippen LogP contribution is 2.35. The van der Waals surface area contributed by atoms with E-state index in [1.54, 1.807) is 49.6 Å². The molecule has 4 amide bonds. The molecule has 18 heterocycles. The van der Waals surface area contributed by atoms with Crippen LogP contribution in [0.5, 0.6) is 11.5 Å². The van der Waals surface area contributed by atoms with Gasteiger partial charge in [-0.2, -0.15) is 20.4 Å². The van der Waals surface area contributed by atoms with E-state index in [9.17, 15) is 24.3 Å². The normalized spacial score (nSPS) is 15.6. The van der Waals surface area contributed by atoms with E-state index in [2.05, 4.69) is 143 Å². The number of aromatic amines is 4. The second kappa shape index (κ2) is 45.2. The van der Waals surface area contributed by atoms with Gasteiger partial charge in [-0.25, -0.2) is 0 Å². The second-order valence-electron chi connectivity index (χ2n) is 37.3. The second-order valence-corrected chi connectivity index (χ2v) is 37.3. The highest BCUT2D eigenvalue weighted by atomic mass is 16.5. The van der Waals surface area contributed by atoms with E-state index in [4.69, 9.17) is 4.74 Å². The quantitative estimate of drug-likeness (QED) is 0.0243. The van der Waals surface area contributed by atoms with E-state index in [0.717, 1.165) is 253 Å². The lowest BCUT2D eigenvalue weighted by Gasteiger charge is -2.30. The van der Waals surface area contributed by atoms with Crippen molar-refractivity contribution < 1.29 is 29.0 Å². The van der Waals surface area contributed by atoms with Crippen LogP contribution in [-0.4, -0.2) is 223 Å². The topological polar surface area (TPSA) is 383 Å². The van der Waals surface area contributed by atoms with Crippen LogP contribution in [-0.2, 0) is 39.3 Å². The van der Waals surface area contributed by atoms with E-state index in [-0.39, 0.29) is 29.7 Å². The van der Waals surface area contributed by atoms with Gasteiger partial charge in [0.15, 0.2) is 22.8 Å². The van der Waals surface area contributed by atoms with Gasteiger partial charge in [0.25, 0.3) is 23.6 Å². The number of rotatable bonds is 26. The van der Waals surface area contributed by atoms with Crippen molar-refractivity contribution in [1.29, 1.82) is 0 Å². The lowest BCUT2D eigenvalue weighted by atomic mass is 10.0. The van der Waals surface area contributed by atoms with Crippen molar-refractivity contribution in [1.82, 2.24) is 110 Å². The first-order chi connectivity index (χ1) is 69.8. The number of hydrogen-bond acceptors (Lipinski definition) is 24. The molecule has 0 saturated carbocycles. The maximum Gasteiger partial charge on any atom is 0.276 e. The first-order valence-electron chi connectivity index (χ1n) is 49.3. The number of para-hydroxylation sites is 1. The average Bonchev–Trinajstić information content (AvgIpc) is 1.64. The fraction of sp³-hybridized carbons (Fsp3) is 0.291. The van der Waals surface area contributed by atoms with Crippen LogP contribution >= 0.6 is 0 Å².